The maximum atomic E-state index is 12.2. The molecule has 0 aromatic carbocycles. The topological polar surface area (TPSA) is 292 Å². The second kappa shape index (κ2) is 10.2. The zero-order valence-electron chi connectivity index (χ0n) is 17.9. The molecule has 0 spiro atoms. The second-order valence-electron chi connectivity index (χ2n) is 7.80. The number of ether oxygens (including phenoxy) is 2. The van der Waals surface area contributed by atoms with Crippen molar-refractivity contribution in [1.82, 2.24) is 19.5 Å². The Morgan fingerprint density at radius 2 is 1.75 bits per heavy atom. The lowest BCUT2D eigenvalue weighted by molar-refractivity contribution is -0.245. The van der Waals surface area contributed by atoms with Crippen LogP contribution in [0.25, 0.3) is 11.2 Å². The average molecular weight is 559 g/mol. The molecule has 202 valence electrons. The number of nitrogens with zero attached hydrogens (tertiary/aromatic N) is 4. The van der Waals surface area contributed by atoms with Gasteiger partial charge in [-0.2, -0.15) is 4.31 Å². The molecule has 2 saturated heterocycles. The Hall–Kier alpha value is -1.67. The average Bonchev–Trinajstić information content (AvgIpc) is 3.34. The van der Waals surface area contributed by atoms with E-state index in [1.165, 1.54) is 10.9 Å². The standard InChI is InChI=1S/C15H23N5O14P2/c16-12-7-13(18-3-17-12)20(4-19-7)14-10(24)9(23)6(32-14)2-31-35(26,27)34-36(28,29)33-15-11(25)8(22)5(21)1-30-15/h3-6,8-11,14-15,21-25H,1-2H2,(H,26,27)(H,28,29)(H2,16,17,18)/t5-,6+,8-,9+,10+,11+,14+,15-/m0/s1. The summed E-state index contributed by atoms with van der Waals surface area (Å²) >= 11 is 0. The van der Waals surface area contributed by atoms with Crippen molar-refractivity contribution >= 4 is 32.6 Å². The molecule has 2 aromatic rings. The number of imidazole rings is 1. The zero-order valence-corrected chi connectivity index (χ0v) is 19.7. The maximum Gasteiger partial charge on any atom is 0.483 e. The van der Waals surface area contributed by atoms with Crippen LogP contribution in [0.3, 0.4) is 0 Å². The van der Waals surface area contributed by atoms with Gasteiger partial charge in [-0.25, -0.2) is 24.1 Å². The minimum Gasteiger partial charge on any atom is -0.388 e. The number of fused-ring (bicyclic) bond motifs is 1. The number of hydrogen-bond donors (Lipinski definition) is 8. The van der Waals surface area contributed by atoms with Gasteiger partial charge in [0.15, 0.2) is 24.0 Å². The summed E-state index contributed by atoms with van der Waals surface area (Å²) in [6, 6.07) is 0. The van der Waals surface area contributed by atoms with Gasteiger partial charge in [-0.1, -0.05) is 0 Å². The van der Waals surface area contributed by atoms with Gasteiger partial charge in [0.2, 0.25) is 0 Å². The van der Waals surface area contributed by atoms with E-state index in [1.807, 2.05) is 0 Å². The smallest absolute Gasteiger partial charge is 0.388 e. The molecule has 21 heteroatoms. The molecule has 0 bridgehead atoms. The Balaban J connectivity index is 1.37. The lowest BCUT2D eigenvalue weighted by atomic mass is 10.1. The molecule has 0 saturated carbocycles. The van der Waals surface area contributed by atoms with Crippen molar-refractivity contribution in [3.05, 3.63) is 12.7 Å². The summed E-state index contributed by atoms with van der Waals surface area (Å²) in [5.74, 6) is 0.0533. The summed E-state index contributed by atoms with van der Waals surface area (Å²) in [5, 5.41) is 49.4. The summed E-state index contributed by atoms with van der Waals surface area (Å²) in [7, 11) is -10.8. The highest BCUT2D eigenvalue weighted by Crippen LogP contribution is 2.61. The van der Waals surface area contributed by atoms with E-state index in [0.29, 0.717) is 0 Å². The quantitative estimate of drug-likeness (QED) is 0.147. The number of nitrogens with two attached hydrogens (primary N) is 1. The Bertz CT molecular complexity index is 1180. The molecule has 4 rings (SSSR count). The number of phosphoric ester groups is 2. The Morgan fingerprint density at radius 3 is 2.47 bits per heavy atom. The third-order valence-electron chi connectivity index (χ3n) is 5.30. The van der Waals surface area contributed by atoms with E-state index in [0.717, 1.165) is 6.33 Å². The molecular weight excluding hydrogens is 536 g/mol. The van der Waals surface area contributed by atoms with E-state index < -0.39 is 78.0 Å². The van der Waals surface area contributed by atoms with Crippen LogP contribution < -0.4 is 5.73 Å². The molecule has 9 N–H and O–H groups in total. The highest BCUT2D eigenvalue weighted by atomic mass is 31.3. The highest BCUT2D eigenvalue weighted by molar-refractivity contribution is 7.61. The lowest BCUT2D eigenvalue weighted by Gasteiger charge is -2.35. The largest absolute Gasteiger partial charge is 0.483 e. The van der Waals surface area contributed by atoms with Crippen molar-refractivity contribution in [3.8, 4) is 0 Å². The van der Waals surface area contributed by atoms with Crippen molar-refractivity contribution in [3.63, 3.8) is 0 Å². The molecule has 0 aliphatic carbocycles. The number of anilines is 1. The SMILES string of the molecule is Nc1ncnc2c1ncn2[C@@H]1O[C@H](COP(=O)(O)OP(=O)(O)O[C@@H]2OC[C@H](O)[C@H](O)[C@H]2O)[C@@H](O)[C@H]1O. The van der Waals surface area contributed by atoms with Gasteiger partial charge in [0.05, 0.1) is 19.5 Å². The number of hydrogen-bond acceptors (Lipinski definition) is 16. The van der Waals surface area contributed by atoms with E-state index in [-0.39, 0.29) is 17.0 Å². The Morgan fingerprint density at radius 1 is 1.03 bits per heavy atom. The monoisotopic (exact) mass is 559 g/mol. The van der Waals surface area contributed by atoms with Gasteiger partial charge in [0, 0.05) is 0 Å². The highest BCUT2D eigenvalue weighted by Gasteiger charge is 2.48. The molecule has 2 aromatic heterocycles. The number of aromatic nitrogens is 4. The van der Waals surface area contributed by atoms with Crippen molar-refractivity contribution in [1.29, 1.82) is 0 Å². The third kappa shape index (κ3) is 5.59. The van der Waals surface area contributed by atoms with Gasteiger partial charge in [-0.3, -0.25) is 13.6 Å². The van der Waals surface area contributed by atoms with Crippen LogP contribution in [0, 0.1) is 0 Å². The Labute approximate surface area is 200 Å². The van der Waals surface area contributed by atoms with Crippen LogP contribution >= 0.6 is 15.6 Å². The first-order chi connectivity index (χ1) is 16.8. The van der Waals surface area contributed by atoms with Gasteiger partial charge in [-0.15, -0.1) is 0 Å². The van der Waals surface area contributed by atoms with Crippen LogP contribution in [-0.2, 0) is 32.0 Å². The van der Waals surface area contributed by atoms with E-state index >= 15 is 0 Å². The zero-order chi connectivity index (χ0) is 26.4. The van der Waals surface area contributed by atoms with E-state index in [2.05, 4.69) is 28.3 Å². The van der Waals surface area contributed by atoms with E-state index in [9.17, 15) is 44.4 Å². The van der Waals surface area contributed by atoms with E-state index in [4.69, 9.17) is 15.2 Å². The molecule has 10 atom stereocenters. The number of aliphatic hydroxyl groups is 5. The fourth-order valence-electron chi connectivity index (χ4n) is 3.50. The molecule has 4 heterocycles. The second-order valence-corrected chi connectivity index (χ2v) is 10.8. The molecule has 2 unspecified atom stereocenters. The van der Waals surface area contributed by atoms with Gasteiger partial charge in [0.25, 0.3) is 0 Å². The first kappa shape index (κ1) is 27.4. The van der Waals surface area contributed by atoms with Crippen LogP contribution in [-0.4, -0.2) is 111 Å². The van der Waals surface area contributed by atoms with Crippen molar-refractivity contribution < 1.29 is 67.3 Å². The molecule has 36 heavy (non-hydrogen) atoms. The maximum absolute atomic E-state index is 12.2. The minimum absolute atomic E-state index is 0.0533. The predicted molar refractivity (Wildman–Crippen MR) is 111 cm³/mol. The number of rotatable bonds is 8. The molecule has 0 amide bonds. The van der Waals surface area contributed by atoms with Crippen LogP contribution in [0.4, 0.5) is 5.82 Å². The van der Waals surface area contributed by atoms with Crippen molar-refractivity contribution in [2.45, 2.75) is 49.1 Å². The summed E-state index contributed by atoms with van der Waals surface area (Å²) in [6.07, 6.45) is -10.8. The van der Waals surface area contributed by atoms with Crippen LogP contribution in [0.1, 0.15) is 6.23 Å². The number of phosphoric acid groups is 2. The van der Waals surface area contributed by atoms with Gasteiger partial charge >= 0.3 is 15.6 Å². The van der Waals surface area contributed by atoms with Gasteiger partial charge in [-0.05, 0) is 0 Å². The lowest BCUT2D eigenvalue weighted by Crippen LogP contribution is -2.53. The fraction of sp³-hybridized carbons (Fsp3) is 0.667. The van der Waals surface area contributed by atoms with Gasteiger partial charge < -0.3 is 50.5 Å². The van der Waals surface area contributed by atoms with Crippen LogP contribution in [0.5, 0.6) is 0 Å². The molecule has 2 aliphatic heterocycles. The van der Waals surface area contributed by atoms with Crippen LogP contribution in [0.15, 0.2) is 12.7 Å². The summed E-state index contributed by atoms with van der Waals surface area (Å²) < 4.78 is 49.0. The first-order valence-corrected chi connectivity index (χ1v) is 13.1. The summed E-state index contributed by atoms with van der Waals surface area (Å²) in [4.78, 5) is 31.4. The minimum atomic E-state index is -5.45. The van der Waals surface area contributed by atoms with E-state index in [1.54, 1.807) is 0 Å². The molecule has 2 fully saturated rings. The summed E-state index contributed by atoms with van der Waals surface area (Å²) in [5.41, 5.74) is 6.08. The summed E-state index contributed by atoms with van der Waals surface area (Å²) in [6.45, 7) is -1.48. The first-order valence-electron chi connectivity index (χ1n) is 10.1. The normalized spacial score (nSPS) is 36.5. The number of aliphatic hydroxyl groups excluding tert-OH is 5. The number of nitrogen functional groups attached to an aromatic ring is 1. The molecular formula is C15H23N5O14P2. The van der Waals surface area contributed by atoms with Crippen molar-refractivity contribution in [2.75, 3.05) is 18.9 Å². The molecule has 2 aliphatic rings. The van der Waals surface area contributed by atoms with Crippen LogP contribution in [0.2, 0.25) is 0 Å². The Kier molecular flexibility index (Phi) is 7.78. The molecule has 0 radical (unpaired) electrons. The van der Waals surface area contributed by atoms with Crippen molar-refractivity contribution in [2.24, 2.45) is 0 Å². The fourth-order valence-corrected chi connectivity index (χ4v) is 5.67. The molecule has 19 nitrogen and oxygen atoms in total. The van der Waals surface area contributed by atoms with Gasteiger partial charge in [0.1, 0.15) is 48.5 Å². The predicted octanol–water partition coefficient (Wildman–Crippen LogP) is -3.28. The third-order valence-corrected chi connectivity index (χ3v) is 7.90.